The second-order valence-electron chi connectivity index (χ2n) is 16.7. The van der Waals surface area contributed by atoms with Crippen molar-refractivity contribution in [2.24, 2.45) is 5.73 Å². The van der Waals surface area contributed by atoms with Crippen molar-refractivity contribution >= 4 is 81.9 Å². The molecule has 0 aliphatic heterocycles. The molecule has 6 rings (SSSR count). The minimum Gasteiger partial charge on any atom is -0.495 e. The van der Waals surface area contributed by atoms with Crippen molar-refractivity contribution in [1.82, 2.24) is 25.5 Å². The van der Waals surface area contributed by atoms with Crippen molar-refractivity contribution in [3.63, 3.8) is 0 Å². The van der Waals surface area contributed by atoms with E-state index in [-0.39, 0.29) is 96.2 Å². The van der Waals surface area contributed by atoms with Crippen molar-refractivity contribution < 1.29 is 112 Å². The van der Waals surface area contributed by atoms with Crippen LogP contribution in [0.1, 0.15) is 51.8 Å². The molecule has 32 nitrogen and oxygen atoms in total. The predicted molar refractivity (Wildman–Crippen MR) is 351 cm³/mol. The van der Waals surface area contributed by atoms with Gasteiger partial charge < -0.3 is 101 Å². The monoisotopic (exact) mass is 1470 g/mol. The number of hydrogen-bond donors (Lipinski definition) is 7. The van der Waals surface area contributed by atoms with Crippen LogP contribution in [-0.2, 0) is 58.1 Å². The number of aromatic nitrogens is 2. The molecule has 0 spiro atoms. The van der Waals surface area contributed by atoms with E-state index in [1.54, 1.807) is 69.2 Å². The van der Waals surface area contributed by atoms with Crippen LogP contribution in [-0.4, -0.2) is 192 Å². The molecule has 6 aromatic rings. The number of nitrogens with zero attached hydrogens (tertiary/aromatic N) is 4. The fourth-order valence-electron chi connectivity index (χ4n) is 6.55. The molecule has 0 saturated carbocycles. The number of rotatable bonds is 23. The summed E-state index contributed by atoms with van der Waals surface area (Å²) in [5, 5.41) is 36.5. The van der Waals surface area contributed by atoms with Crippen LogP contribution in [0.15, 0.2) is 114 Å². The Kier molecular flexibility index (Phi) is 56.4. The third-order valence-corrected chi connectivity index (χ3v) is 11.4. The number of aromatic carboxylic acids is 1. The first-order valence-corrected chi connectivity index (χ1v) is 29.2. The first-order chi connectivity index (χ1) is 42.8. The van der Waals surface area contributed by atoms with Gasteiger partial charge in [0, 0.05) is 145 Å². The van der Waals surface area contributed by atoms with Crippen LogP contribution in [0.25, 0.3) is 10.8 Å². The summed E-state index contributed by atoms with van der Waals surface area (Å²) >= 11 is 0. The molecule has 0 aliphatic carbocycles. The second kappa shape index (κ2) is 55.8. The average Bonchev–Trinajstić information content (AvgIpc) is 0.863. The number of carbonyl (C=O) groups is 3. The van der Waals surface area contributed by atoms with E-state index in [1.165, 1.54) is 94.7 Å². The van der Waals surface area contributed by atoms with E-state index in [2.05, 4.69) is 67.6 Å². The van der Waals surface area contributed by atoms with Crippen LogP contribution in [0.3, 0.4) is 0 Å². The molecule has 36 heteroatoms. The van der Waals surface area contributed by atoms with E-state index in [0.29, 0.717) is 40.4 Å². The standard InChI is InChI=1S/C12H16N2O6.C12H18N2O4.C10H10N2O2.C8H7NO5.C6H15N.C5H5N.C4H11NO2.Cl2OS.2H2O.Pd/c1-18-10-6-8(4-5-9(10)14(16)17)12(15)13-7-11(19-2)20-3;1-16-10-6-8(4-5-9(10)13)12(15)14-7-11(17-2)18-3;1-14-9-5-7-6(4-8(9)11)2-3-12-10(7)13;1-14-7-4-5(8(10)11)2-3-6(7)9(12)13;1-4-7(5-2)6-3;1-2-4-6-5-3-1;1-6-4(3-5)7-2;1-4(2)3;;;/h4-6,11H,7H2,1-3H3,(H,13,15);4-6,11H,7,13H2,1-3H3,(H,14,15);2-5H,11H2,1H3,(H,12,13);2-4H,1H3,(H,10,11);4-6H2,1-3H3;1-5H;4H,3,5H2,1-2H3;;2*1H2;. The van der Waals surface area contributed by atoms with Gasteiger partial charge in [0.15, 0.2) is 30.4 Å². The van der Waals surface area contributed by atoms with E-state index < -0.39 is 43.5 Å². The van der Waals surface area contributed by atoms with Gasteiger partial charge in [-0.1, -0.05) is 26.8 Å². The van der Waals surface area contributed by atoms with Gasteiger partial charge in [-0.3, -0.25) is 39.6 Å². The summed E-state index contributed by atoms with van der Waals surface area (Å²) in [6, 6.07) is 23.0. The van der Waals surface area contributed by atoms with Crippen molar-refractivity contribution in [3.05, 3.63) is 157 Å². The average molecular weight is 1470 g/mol. The second-order valence-corrected chi connectivity index (χ2v) is 19.2. The molecule has 4 aromatic carbocycles. The van der Waals surface area contributed by atoms with E-state index in [0.717, 1.165) is 23.6 Å². The molecule has 526 valence electrons. The van der Waals surface area contributed by atoms with Crippen LogP contribution in [0, 0.1) is 20.2 Å². The number of nitrogens with one attached hydrogen (secondary N) is 3. The predicted octanol–water partition coefficient (Wildman–Crippen LogP) is 5.38. The number of benzene rings is 4. The number of nitrogen functional groups attached to an aromatic ring is 2. The largest absolute Gasteiger partial charge is 0.495 e. The Balaban J connectivity index is -0.000000329. The molecule has 2 amide bonds. The fraction of sp³-hybridized carbons (Fsp3) is 0.386. The molecular formula is C57H86Cl2N10O22PdS. The van der Waals surface area contributed by atoms with E-state index in [9.17, 15) is 39.4 Å². The first kappa shape index (κ1) is 94.0. The molecule has 0 saturated heterocycles. The molecule has 0 unspecified atom stereocenters. The molecular weight excluding hydrogens is 1390 g/mol. The summed E-state index contributed by atoms with van der Waals surface area (Å²) in [7, 11) is 22.0. The number of carbonyl (C=O) groups excluding carboxylic acids is 2. The number of nitro benzene ring substituents is 2. The van der Waals surface area contributed by atoms with E-state index >= 15 is 0 Å². The normalized spacial score (nSPS) is 9.69. The zero-order chi connectivity index (χ0) is 68.7. The van der Waals surface area contributed by atoms with Crippen molar-refractivity contribution in [3.8, 4) is 23.0 Å². The van der Waals surface area contributed by atoms with Crippen molar-refractivity contribution in [2.45, 2.75) is 39.6 Å². The zero-order valence-electron chi connectivity index (χ0n) is 53.6. The third kappa shape index (κ3) is 38.8. The quantitative estimate of drug-likeness (QED) is 0.0106. The van der Waals surface area contributed by atoms with Crippen molar-refractivity contribution in [1.29, 1.82) is 0 Å². The van der Waals surface area contributed by atoms with Gasteiger partial charge >= 0.3 is 17.3 Å². The maximum absolute atomic E-state index is 11.9. The molecule has 0 bridgehead atoms. The van der Waals surface area contributed by atoms with Gasteiger partial charge in [-0.2, -0.15) is 0 Å². The molecule has 14 N–H and O–H groups in total. The smallest absolute Gasteiger partial charge is 0.335 e. The number of amides is 2. The Morgan fingerprint density at radius 1 is 0.613 bits per heavy atom. The molecule has 93 heavy (non-hydrogen) atoms. The number of carboxylic acids is 1. The number of nitrogens with two attached hydrogens (primary N) is 3. The SMILES string of the molecule is CCN(CC)CC.COC(CN)OC.COc1cc(C(=O)NCC(OC)OC)ccc1N.COc1cc(C(=O)NCC(OC)OC)ccc1[N+](=O)[O-].COc1cc(C(=O)O)ccc1[N+](=O)[O-].COc1cc2c(=O)[nH]ccc2cc1N.O.O.O=S(Cl)Cl.[Pd].c1ccncc1. The van der Waals surface area contributed by atoms with Gasteiger partial charge in [-0.15, -0.1) is 0 Å². The number of nitro groups is 2. The number of H-pyrrole nitrogens is 1. The van der Waals surface area contributed by atoms with Gasteiger partial charge in [0.2, 0.25) is 9.23 Å². The Morgan fingerprint density at radius 3 is 1.30 bits per heavy atom. The maximum atomic E-state index is 11.9. The molecule has 0 atom stereocenters. The van der Waals surface area contributed by atoms with Crippen LogP contribution in [0.5, 0.6) is 23.0 Å². The van der Waals surface area contributed by atoms with Gasteiger partial charge in [-0.25, -0.2) is 9.00 Å². The Labute approximate surface area is 563 Å². The molecule has 2 aromatic heterocycles. The van der Waals surface area contributed by atoms with Crippen LogP contribution < -0.4 is 52.3 Å². The molecule has 2 heterocycles. The van der Waals surface area contributed by atoms with Crippen molar-refractivity contribution in [2.75, 3.05) is 122 Å². The number of aromatic amines is 1. The van der Waals surface area contributed by atoms with E-state index in [1.807, 2.05) is 18.2 Å². The number of anilines is 2. The van der Waals surface area contributed by atoms with Gasteiger partial charge in [0.25, 0.3) is 17.4 Å². The summed E-state index contributed by atoms with van der Waals surface area (Å²) in [4.78, 5) is 74.4. The van der Waals surface area contributed by atoms with Crippen LogP contribution >= 0.6 is 21.4 Å². The maximum Gasteiger partial charge on any atom is 0.335 e. The first-order valence-electron chi connectivity index (χ1n) is 26.4. The van der Waals surface area contributed by atoms with Gasteiger partial charge in [-0.05, 0) is 85.7 Å². The fourth-order valence-corrected chi connectivity index (χ4v) is 6.55. The Morgan fingerprint density at radius 2 is 0.989 bits per heavy atom. The van der Waals surface area contributed by atoms with Crippen LogP contribution in [0.2, 0.25) is 0 Å². The molecule has 0 radical (unpaired) electrons. The van der Waals surface area contributed by atoms with Gasteiger partial charge in [0.05, 0.1) is 73.7 Å². The minimum absolute atomic E-state index is 0. The Hall–Kier alpha value is -7.76. The van der Waals surface area contributed by atoms with Crippen LogP contribution in [0.4, 0.5) is 22.7 Å². The third-order valence-electron chi connectivity index (χ3n) is 11.4. The number of hydrogen-bond acceptors (Lipinski definition) is 24. The van der Waals surface area contributed by atoms with E-state index in [4.69, 9.17) is 73.9 Å². The van der Waals surface area contributed by atoms with Gasteiger partial charge in [0.1, 0.15) is 11.5 Å². The summed E-state index contributed by atoms with van der Waals surface area (Å²) in [5.74, 6) is -0.845. The number of methoxy groups -OCH3 is 10. The molecule has 0 aliphatic rings. The number of pyridine rings is 2. The number of fused-ring (bicyclic) bond motifs is 1. The Bertz CT molecular complexity index is 3070. The molecule has 0 fully saturated rings. The number of ether oxygens (including phenoxy) is 10. The summed E-state index contributed by atoms with van der Waals surface area (Å²) in [5.41, 5.74) is 17.6. The number of carboxylic acid groups (broad SMARTS) is 1. The summed E-state index contributed by atoms with van der Waals surface area (Å²) in [6.07, 6.45) is 3.83. The minimum atomic E-state index is -1.67. The number of halogens is 2. The summed E-state index contributed by atoms with van der Waals surface area (Å²) in [6.45, 7) is 11.0. The topological polar surface area (TPSA) is 481 Å². The zero-order valence-corrected chi connectivity index (χ0v) is 57.5. The summed E-state index contributed by atoms with van der Waals surface area (Å²) < 4.78 is 58.0.